The minimum absolute atomic E-state index is 0.480. The van der Waals surface area contributed by atoms with Crippen LogP contribution in [-0.4, -0.2) is 31.5 Å². The third-order valence-corrected chi connectivity index (χ3v) is 1.57. The van der Waals surface area contributed by atoms with Crippen LogP contribution in [0.25, 0.3) is 0 Å². The smallest absolute Gasteiger partial charge is 0.242 e. The Morgan fingerprint density at radius 1 is 1.40 bits per heavy atom. The standard InChI is InChI=1S/C7H15F2N/c1-4-10(3)5-6(2)7(8)9/h6-7H,4-5H2,1-3H3. The number of nitrogens with zero attached hydrogens (tertiary/aromatic N) is 1. The molecule has 0 aromatic rings. The van der Waals surface area contributed by atoms with E-state index < -0.39 is 12.3 Å². The molecule has 3 heteroatoms. The van der Waals surface area contributed by atoms with Gasteiger partial charge in [-0.1, -0.05) is 13.8 Å². The third-order valence-electron chi connectivity index (χ3n) is 1.57. The van der Waals surface area contributed by atoms with E-state index in [0.717, 1.165) is 6.54 Å². The Morgan fingerprint density at radius 3 is 2.20 bits per heavy atom. The molecule has 0 radical (unpaired) electrons. The maximum Gasteiger partial charge on any atom is 0.242 e. The van der Waals surface area contributed by atoms with E-state index in [0.29, 0.717) is 6.54 Å². The second kappa shape index (κ2) is 4.61. The third kappa shape index (κ3) is 3.77. The van der Waals surface area contributed by atoms with E-state index in [1.54, 1.807) is 6.92 Å². The summed E-state index contributed by atoms with van der Waals surface area (Å²) in [7, 11) is 1.85. The van der Waals surface area contributed by atoms with Gasteiger partial charge in [0, 0.05) is 12.5 Å². The van der Waals surface area contributed by atoms with Crippen molar-refractivity contribution in [2.75, 3.05) is 20.1 Å². The van der Waals surface area contributed by atoms with Gasteiger partial charge in [0.25, 0.3) is 0 Å². The lowest BCUT2D eigenvalue weighted by Crippen LogP contribution is -2.27. The summed E-state index contributed by atoms with van der Waals surface area (Å²) in [5, 5.41) is 0. The molecule has 0 N–H and O–H groups in total. The van der Waals surface area contributed by atoms with Crippen molar-refractivity contribution < 1.29 is 8.78 Å². The Kier molecular flexibility index (Phi) is 4.52. The van der Waals surface area contributed by atoms with Crippen LogP contribution in [0.4, 0.5) is 8.78 Å². The quantitative estimate of drug-likeness (QED) is 0.592. The van der Waals surface area contributed by atoms with Gasteiger partial charge in [-0.3, -0.25) is 0 Å². The van der Waals surface area contributed by atoms with E-state index in [1.807, 2.05) is 18.9 Å². The van der Waals surface area contributed by atoms with Crippen molar-refractivity contribution in [1.82, 2.24) is 4.90 Å². The van der Waals surface area contributed by atoms with Crippen molar-refractivity contribution >= 4 is 0 Å². The lowest BCUT2D eigenvalue weighted by molar-refractivity contribution is 0.0683. The van der Waals surface area contributed by atoms with E-state index >= 15 is 0 Å². The molecule has 0 heterocycles. The van der Waals surface area contributed by atoms with Gasteiger partial charge in [0.15, 0.2) is 0 Å². The van der Waals surface area contributed by atoms with Crippen LogP contribution in [0, 0.1) is 5.92 Å². The first-order valence-electron chi connectivity index (χ1n) is 3.54. The lowest BCUT2D eigenvalue weighted by Gasteiger charge is -2.18. The molecule has 0 aliphatic heterocycles. The van der Waals surface area contributed by atoms with E-state index in [-0.39, 0.29) is 0 Å². The van der Waals surface area contributed by atoms with Crippen molar-refractivity contribution in [3.8, 4) is 0 Å². The highest BCUT2D eigenvalue weighted by Crippen LogP contribution is 2.09. The van der Waals surface area contributed by atoms with Crippen molar-refractivity contribution in [2.24, 2.45) is 5.92 Å². The summed E-state index contributed by atoms with van der Waals surface area (Å²) in [6.45, 7) is 4.83. The van der Waals surface area contributed by atoms with E-state index in [4.69, 9.17) is 0 Å². The van der Waals surface area contributed by atoms with E-state index in [9.17, 15) is 8.78 Å². The normalized spacial score (nSPS) is 14.7. The largest absolute Gasteiger partial charge is 0.306 e. The summed E-state index contributed by atoms with van der Waals surface area (Å²) >= 11 is 0. The fourth-order valence-corrected chi connectivity index (χ4v) is 0.700. The fraction of sp³-hybridized carbons (Fsp3) is 1.00. The molecule has 0 aromatic carbocycles. The summed E-state index contributed by atoms with van der Waals surface area (Å²) < 4.78 is 23.8. The van der Waals surface area contributed by atoms with Crippen LogP contribution in [0.3, 0.4) is 0 Å². The Morgan fingerprint density at radius 2 is 1.90 bits per heavy atom. The van der Waals surface area contributed by atoms with Gasteiger partial charge in [0.2, 0.25) is 6.43 Å². The number of hydrogen-bond donors (Lipinski definition) is 0. The number of hydrogen-bond acceptors (Lipinski definition) is 1. The molecule has 0 aromatic heterocycles. The highest BCUT2D eigenvalue weighted by atomic mass is 19.3. The van der Waals surface area contributed by atoms with Crippen LogP contribution in [0.1, 0.15) is 13.8 Å². The van der Waals surface area contributed by atoms with Crippen LogP contribution in [-0.2, 0) is 0 Å². The second-order valence-corrected chi connectivity index (χ2v) is 2.67. The number of rotatable bonds is 4. The van der Waals surface area contributed by atoms with Crippen LogP contribution in [0.15, 0.2) is 0 Å². The maximum atomic E-state index is 11.9. The molecule has 0 rings (SSSR count). The molecule has 0 spiro atoms. The van der Waals surface area contributed by atoms with Crippen molar-refractivity contribution in [1.29, 1.82) is 0 Å². The molecule has 62 valence electrons. The van der Waals surface area contributed by atoms with Crippen LogP contribution in [0.5, 0.6) is 0 Å². The molecule has 0 fully saturated rings. The molecule has 1 unspecified atom stereocenters. The van der Waals surface area contributed by atoms with Gasteiger partial charge in [0.05, 0.1) is 0 Å². The zero-order chi connectivity index (χ0) is 8.15. The fourth-order valence-electron chi connectivity index (χ4n) is 0.700. The molecule has 0 bridgehead atoms. The Balaban J connectivity index is 3.46. The predicted molar refractivity (Wildman–Crippen MR) is 38.3 cm³/mol. The first-order valence-corrected chi connectivity index (χ1v) is 3.54. The van der Waals surface area contributed by atoms with Gasteiger partial charge >= 0.3 is 0 Å². The SMILES string of the molecule is CCN(C)CC(C)C(F)F. The number of halogens is 2. The molecular weight excluding hydrogens is 136 g/mol. The Hall–Kier alpha value is -0.180. The van der Waals surface area contributed by atoms with Gasteiger partial charge in [-0.25, -0.2) is 8.78 Å². The topological polar surface area (TPSA) is 3.24 Å². The molecule has 0 saturated heterocycles. The predicted octanol–water partition coefficient (Wildman–Crippen LogP) is 1.84. The molecule has 0 aliphatic carbocycles. The zero-order valence-corrected chi connectivity index (χ0v) is 6.77. The molecule has 1 atom stereocenters. The highest BCUT2D eigenvalue weighted by Gasteiger charge is 2.15. The minimum Gasteiger partial charge on any atom is -0.306 e. The average molecular weight is 151 g/mol. The summed E-state index contributed by atoms with van der Waals surface area (Å²) in [4.78, 5) is 1.89. The van der Waals surface area contributed by atoms with Gasteiger partial charge in [0.1, 0.15) is 0 Å². The van der Waals surface area contributed by atoms with Gasteiger partial charge in [-0.2, -0.15) is 0 Å². The van der Waals surface area contributed by atoms with Crippen molar-refractivity contribution in [3.05, 3.63) is 0 Å². The Labute approximate surface area is 61.0 Å². The Bertz CT molecular complexity index is 85.7. The molecular formula is C7H15F2N. The average Bonchev–Trinajstić information content (AvgIpc) is 1.87. The maximum absolute atomic E-state index is 11.9. The molecule has 0 saturated carbocycles. The van der Waals surface area contributed by atoms with Gasteiger partial charge < -0.3 is 4.90 Å². The van der Waals surface area contributed by atoms with E-state index in [2.05, 4.69) is 0 Å². The van der Waals surface area contributed by atoms with Crippen LogP contribution >= 0.6 is 0 Å². The highest BCUT2D eigenvalue weighted by molar-refractivity contribution is 4.58. The zero-order valence-electron chi connectivity index (χ0n) is 6.77. The molecule has 0 amide bonds. The first-order chi connectivity index (χ1) is 4.57. The van der Waals surface area contributed by atoms with Crippen LogP contribution < -0.4 is 0 Å². The monoisotopic (exact) mass is 151 g/mol. The van der Waals surface area contributed by atoms with Crippen molar-refractivity contribution in [3.63, 3.8) is 0 Å². The first kappa shape index (κ1) is 9.82. The van der Waals surface area contributed by atoms with Gasteiger partial charge in [-0.05, 0) is 13.6 Å². The molecule has 0 aliphatic rings. The summed E-state index contributed by atoms with van der Waals surface area (Å²) in [6, 6.07) is 0. The number of alkyl halides is 2. The summed E-state index contributed by atoms with van der Waals surface area (Å²) in [6.07, 6.45) is -2.19. The second-order valence-electron chi connectivity index (χ2n) is 2.67. The van der Waals surface area contributed by atoms with E-state index in [1.165, 1.54) is 0 Å². The summed E-state index contributed by atoms with van der Waals surface area (Å²) in [5.41, 5.74) is 0. The lowest BCUT2D eigenvalue weighted by atomic mass is 10.2. The van der Waals surface area contributed by atoms with Crippen LogP contribution in [0.2, 0.25) is 0 Å². The van der Waals surface area contributed by atoms with Crippen molar-refractivity contribution in [2.45, 2.75) is 20.3 Å². The minimum atomic E-state index is -2.19. The summed E-state index contributed by atoms with van der Waals surface area (Å²) in [5.74, 6) is -0.509. The molecule has 10 heavy (non-hydrogen) atoms. The molecule has 1 nitrogen and oxygen atoms in total. The van der Waals surface area contributed by atoms with Gasteiger partial charge in [-0.15, -0.1) is 0 Å².